The maximum atomic E-state index is 12.7. The number of rotatable bonds is 9. The Kier molecular flexibility index (Phi) is 8.00. The Labute approximate surface area is 170 Å². The van der Waals surface area contributed by atoms with Crippen molar-refractivity contribution in [3.63, 3.8) is 0 Å². The summed E-state index contributed by atoms with van der Waals surface area (Å²) in [5.74, 6) is 0.212. The molecule has 1 N–H and O–H groups in total. The summed E-state index contributed by atoms with van der Waals surface area (Å²) in [6, 6.07) is 14.8. The second-order valence-corrected chi connectivity index (χ2v) is 7.89. The quantitative estimate of drug-likeness (QED) is 0.496. The molecule has 9 heteroatoms. The minimum atomic E-state index is -3.59. The topological polar surface area (TPSA) is 109 Å². The van der Waals surface area contributed by atoms with Crippen molar-refractivity contribution in [3.8, 4) is 11.8 Å². The molecule has 0 aliphatic heterocycles. The van der Waals surface area contributed by atoms with Gasteiger partial charge in [-0.1, -0.05) is 12.1 Å². The second kappa shape index (κ2) is 10.5. The number of nitrogens with zero attached hydrogens (tertiary/aromatic N) is 2. The van der Waals surface area contributed by atoms with Crippen LogP contribution in [0.4, 0.5) is 10.5 Å². The molecular formula is C20H23N3O5S. The average molecular weight is 417 g/mol. The normalized spacial score (nSPS) is 10.8. The summed E-state index contributed by atoms with van der Waals surface area (Å²) in [5.41, 5.74) is 1.91. The minimum Gasteiger partial charge on any atom is -0.385 e. The Morgan fingerprint density at radius 3 is 2.34 bits per heavy atom. The molecule has 0 aliphatic carbocycles. The van der Waals surface area contributed by atoms with Crippen LogP contribution in [0, 0.1) is 11.3 Å². The number of nitrogens with one attached hydrogen (secondary N) is 1. The van der Waals surface area contributed by atoms with Crippen LogP contribution in [0.15, 0.2) is 48.5 Å². The summed E-state index contributed by atoms with van der Waals surface area (Å²) in [7, 11) is -1.99. The predicted octanol–water partition coefficient (Wildman–Crippen LogP) is 2.97. The zero-order valence-electron chi connectivity index (χ0n) is 16.3. The molecule has 0 spiro atoms. The number of amides is 2. The standard InChI is InChI=1S/C20H23N3O5S/c1-27-13-3-12-23(20(24)22-18-8-4-16(14-21)5-9-18)15-17-6-10-19(11-7-17)28-29(2,25)26/h4-11H,3,12-13,15H2,1-2H3,(H,22,24). The molecule has 0 radical (unpaired) electrons. The van der Waals surface area contributed by atoms with Crippen molar-refractivity contribution in [1.82, 2.24) is 4.90 Å². The van der Waals surface area contributed by atoms with Crippen LogP contribution < -0.4 is 9.50 Å². The summed E-state index contributed by atoms with van der Waals surface area (Å²) in [6.45, 7) is 1.31. The van der Waals surface area contributed by atoms with E-state index in [1.165, 1.54) is 0 Å². The van der Waals surface area contributed by atoms with E-state index < -0.39 is 10.1 Å². The Morgan fingerprint density at radius 1 is 1.14 bits per heavy atom. The van der Waals surface area contributed by atoms with Crippen LogP contribution in [0.2, 0.25) is 0 Å². The lowest BCUT2D eigenvalue weighted by molar-refractivity contribution is 0.171. The molecule has 8 nitrogen and oxygen atoms in total. The van der Waals surface area contributed by atoms with Crippen LogP contribution in [-0.2, 0) is 21.4 Å². The first-order valence-electron chi connectivity index (χ1n) is 8.84. The summed E-state index contributed by atoms with van der Waals surface area (Å²) in [6.07, 6.45) is 1.64. The molecule has 0 bridgehead atoms. The van der Waals surface area contributed by atoms with Gasteiger partial charge in [0.05, 0.1) is 17.9 Å². The first-order valence-corrected chi connectivity index (χ1v) is 10.7. The van der Waals surface area contributed by atoms with E-state index in [0.717, 1.165) is 11.8 Å². The van der Waals surface area contributed by atoms with Gasteiger partial charge in [-0.3, -0.25) is 0 Å². The average Bonchev–Trinajstić information content (AvgIpc) is 2.68. The van der Waals surface area contributed by atoms with Gasteiger partial charge in [-0.15, -0.1) is 0 Å². The fraction of sp³-hybridized carbons (Fsp3) is 0.300. The van der Waals surface area contributed by atoms with Crippen molar-refractivity contribution < 1.29 is 22.1 Å². The number of urea groups is 1. The van der Waals surface area contributed by atoms with Crippen molar-refractivity contribution in [2.75, 3.05) is 31.8 Å². The largest absolute Gasteiger partial charge is 0.385 e. The monoisotopic (exact) mass is 417 g/mol. The Bertz CT molecular complexity index is 951. The summed E-state index contributed by atoms with van der Waals surface area (Å²) in [4.78, 5) is 14.4. The van der Waals surface area contributed by atoms with Crippen LogP contribution in [-0.4, -0.2) is 45.9 Å². The predicted molar refractivity (Wildman–Crippen MR) is 109 cm³/mol. The first kappa shape index (κ1) is 22.2. The van der Waals surface area contributed by atoms with Crippen LogP contribution in [0.3, 0.4) is 0 Å². The molecule has 0 saturated heterocycles. The number of hydrogen-bond donors (Lipinski definition) is 1. The van der Waals surface area contributed by atoms with E-state index in [0.29, 0.717) is 37.4 Å². The molecule has 2 aromatic rings. The molecule has 2 amide bonds. The van der Waals surface area contributed by atoms with Gasteiger partial charge >= 0.3 is 16.1 Å². The van der Waals surface area contributed by atoms with E-state index in [4.69, 9.17) is 14.2 Å². The van der Waals surface area contributed by atoms with Crippen molar-refractivity contribution >= 4 is 21.8 Å². The van der Waals surface area contributed by atoms with Gasteiger partial charge in [0, 0.05) is 32.5 Å². The maximum Gasteiger partial charge on any atom is 0.322 e. The molecule has 0 saturated carbocycles. The van der Waals surface area contributed by atoms with E-state index in [2.05, 4.69) is 5.32 Å². The van der Waals surface area contributed by atoms with Gasteiger partial charge in [0.1, 0.15) is 5.75 Å². The molecule has 2 rings (SSSR count). The Morgan fingerprint density at radius 2 is 1.79 bits per heavy atom. The number of benzene rings is 2. The number of carbonyl (C=O) groups excluding carboxylic acids is 1. The summed E-state index contributed by atoms with van der Waals surface area (Å²) < 4.78 is 32.3. The number of methoxy groups -OCH3 is 1. The molecule has 29 heavy (non-hydrogen) atoms. The van der Waals surface area contributed by atoms with Crippen molar-refractivity contribution in [2.24, 2.45) is 0 Å². The van der Waals surface area contributed by atoms with Crippen LogP contribution >= 0.6 is 0 Å². The summed E-state index contributed by atoms with van der Waals surface area (Å²) >= 11 is 0. The molecule has 0 aromatic heterocycles. The van der Waals surface area contributed by atoms with Crippen LogP contribution in [0.1, 0.15) is 17.5 Å². The van der Waals surface area contributed by atoms with Gasteiger partial charge in [0.15, 0.2) is 0 Å². The van der Waals surface area contributed by atoms with Crippen LogP contribution in [0.5, 0.6) is 5.75 Å². The van der Waals surface area contributed by atoms with E-state index in [1.54, 1.807) is 60.5 Å². The van der Waals surface area contributed by atoms with Gasteiger partial charge in [0.25, 0.3) is 0 Å². The fourth-order valence-corrected chi connectivity index (χ4v) is 2.99. The number of anilines is 1. The molecule has 0 atom stereocenters. The van der Waals surface area contributed by atoms with Gasteiger partial charge in [-0.25, -0.2) is 4.79 Å². The Balaban J connectivity index is 2.07. The van der Waals surface area contributed by atoms with Gasteiger partial charge < -0.3 is 19.1 Å². The molecule has 0 heterocycles. The minimum absolute atomic E-state index is 0.212. The third kappa shape index (κ3) is 7.81. The lowest BCUT2D eigenvalue weighted by Gasteiger charge is -2.23. The van der Waals surface area contributed by atoms with Gasteiger partial charge in [0.2, 0.25) is 0 Å². The van der Waals surface area contributed by atoms with E-state index >= 15 is 0 Å². The third-order valence-corrected chi connectivity index (χ3v) is 4.37. The van der Waals surface area contributed by atoms with Gasteiger partial charge in [-0.2, -0.15) is 13.7 Å². The maximum absolute atomic E-state index is 12.7. The second-order valence-electron chi connectivity index (χ2n) is 6.32. The Hall–Kier alpha value is -3.09. The number of hydrogen-bond acceptors (Lipinski definition) is 6. The highest BCUT2D eigenvalue weighted by atomic mass is 32.2. The van der Waals surface area contributed by atoms with E-state index in [1.807, 2.05) is 6.07 Å². The smallest absolute Gasteiger partial charge is 0.322 e. The van der Waals surface area contributed by atoms with Crippen LogP contribution in [0.25, 0.3) is 0 Å². The molecule has 154 valence electrons. The number of carbonyl (C=O) groups is 1. The summed E-state index contributed by atoms with van der Waals surface area (Å²) in [5, 5.41) is 11.7. The lowest BCUT2D eigenvalue weighted by Crippen LogP contribution is -2.35. The molecular weight excluding hydrogens is 394 g/mol. The van der Waals surface area contributed by atoms with Gasteiger partial charge in [-0.05, 0) is 48.4 Å². The molecule has 0 fully saturated rings. The van der Waals surface area contributed by atoms with Crippen molar-refractivity contribution in [3.05, 3.63) is 59.7 Å². The highest BCUT2D eigenvalue weighted by Crippen LogP contribution is 2.16. The highest BCUT2D eigenvalue weighted by molar-refractivity contribution is 7.86. The molecule has 2 aromatic carbocycles. The zero-order valence-corrected chi connectivity index (χ0v) is 17.1. The number of nitriles is 1. The van der Waals surface area contributed by atoms with Crippen molar-refractivity contribution in [2.45, 2.75) is 13.0 Å². The van der Waals surface area contributed by atoms with E-state index in [-0.39, 0.29) is 11.8 Å². The third-order valence-electron chi connectivity index (χ3n) is 3.87. The fourth-order valence-electron chi connectivity index (χ4n) is 2.53. The lowest BCUT2D eigenvalue weighted by atomic mass is 10.2. The van der Waals surface area contributed by atoms with Crippen molar-refractivity contribution in [1.29, 1.82) is 5.26 Å². The first-order chi connectivity index (χ1) is 13.8. The van der Waals surface area contributed by atoms with E-state index in [9.17, 15) is 13.2 Å². The highest BCUT2D eigenvalue weighted by Gasteiger charge is 2.15. The number of ether oxygens (including phenoxy) is 1. The SMILES string of the molecule is COCCCN(Cc1ccc(OS(C)(=O)=O)cc1)C(=O)Nc1ccc(C#N)cc1. The molecule has 0 unspecified atom stereocenters. The zero-order chi connectivity index (χ0) is 21.3. The molecule has 0 aliphatic rings.